The molecule has 0 saturated carbocycles. The van der Waals surface area contributed by atoms with E-state index in [0.29, 0.717) is 25.9 Å². The quantitative estimate of drug-likeness (QED) is 0.799. The van der Waals surface area contributed by atoms with E-state index in [1.807, 2.05) is 6.92 Å². The molecule has 1 fully saturated rings. The van der Waals surface area contributed by atoms with Crippen LogP contribution in [0.3, 0.4) is 0 Å². The lowest BCUT2D eigenvalue weighted by Crippen LogP contribution is -2.40. The van der Waals surface area contributed by atoms with Gasteiger partial charge in [0.25, 0.3) is 0 Å². The molecule has 0 amide bonds. The topological polar surface area (TPSA) is 74.7 Å². The Bertz CT molecular complexity index is 380. The van der Waals surface area contributed by atoms with E-state index >= 15 is 0 Å². The van der Waals surface area contributed by atoms with Crippen LogP contribution in [0.2, 0.25) is 0 Å². The predicted molar refractivity (Wildman–Crippen MR) is 69.8 cm³/mol. The van der Waals surface area contributed by atoms with Crippen LogP contribution in [-0.4, -0.2) is 43.1 Å². The fraction of sp³-hybridized carbons (Fsp3) is 0.917. The molecule has 1 saturated heterocycles. The average Bonchev–Trinajstić information content (AvgIpc) is 2.27. The third-order valence-electron chi connectivity index (χ3n) is 3.55. The van der Waals surface area contributed by atoms with Gasteiger partial charge < -0.3 is 5.11 Å². The maximum atomic E-state index is 11.5. The SMILES string of the molecule is CCCC(CC1CCCN(S(C)(=O)=O)C1)C(=O)O. The number of nitrogens with zero attached hydrogens (tertiary/aromatic N) is 1. The first-order valence-corrected chi connectivity index (χ1v) is 8.37. The van der Waals surface area contributed by atoms with Crippen molar-refractivity contribution in [1.82, 2.24) is 4.31 Å². The summed E-state index contributed by atoms with van der Waals surface area (Å²) in [4.78, 5) is 11.1. The van der Waals surface area contributed by atoms with Crippen LogP contribution in [0.4, 0.5) is 0 Å². The van der Waals surface area contributed by atoms with Gasteiger partial charge >= 0.3 is 5.97 Å². The molecule has 0 aromatic heterocycles. The number of carboxylic acids is 1. The summed E-state index contributed by atoms with van der Waals surface area (Å²) in [5.74, 6) is -0.908. The van der Waals surface area contributed by atoms with Crippen LogP contribution >= 0.6 is 0 Å². The Morgan fingerprint density at radius 2 is 2.17 bits per heavy atom. The highest BCUT2D eigenvalue weighted by molar-refractivity contribution is 7.88. The minimum Gasteiger partial charge on any atom is -0.481 e. The molecule has 1 rings (SSSR count). The number of hydrogen-bond acceptors (Lipinski definition) is 3. The number of sulfonamides is 1. The van der Waals surface area contributed by atoms with E-state index < -0.39 is 16.0 Å². The summed E-state index contributed by atoms with van der Waals surface area (Å²) >= 11 is 0. The fourth-order valence-electron chi connectivity index (χ4n) is 2.61. The number of carboxylic acid groups (broad SMARTS) is 1. The number of hydrogen-bond donors (Lipinski definition) is 1. The molecule has 0 radical (unpaired) electrons. The number of piperidine rings is 1. The first-order valence-electron chi connectivity index (χ1n) is 6.52. The zero-order valence-corrected chi connectivity index (χ0v) is 11.9. The van der Waals surface area contributed by atoms with Gasteiger partial charge in [-0.25, -0.2) is 12.7 Å². The van der Waals surface area contributed by atoms with Gasteiger partial charge in [0.2, 0.25) is 10.0 Å². The zero-order chi connectivity index (χ0) is 13.8. The Morgan fingerprint density at radius 3 is 2.67 bits per heavy atom. The normalized spacial score (nSPS) is 23.8. The highest BCUT2D eigenvalue weighted by Crippen LogP contribution is 2.26. The molecule has 0 aliphatic carbocycles. The van der Waals surface area contributed by atoms with Crippen molar-refractivity contribution in [2.45, 2.75) is 39.0 Å². The maximum absolute atomic E-state index is 11.5. The van der Waals surface area contributed by atoms with E-state index in [1.165, 1.54) is 10.6 Å². The number of carbonyl (C=O) groups is 1. The summed E-state index contributed by atoms with van der Waals surface area (Å²) in [5, 5.41) is 9.13. The monoisotopic (exact) mass is 277 g/mol. The molecule has 6 heteroatoms. The lowest BCUT2D eigenvalue weighted by Gasteiger charge is -2.32. The molecule has 0 aromatic carbocycles. The molecule has 5 nitrogen and oxygen atoms in total. The van der Waals surface area contributed by atoms with Gasteiger partial charge in [0.05, 0.1) is 12.2 Å². The summed E-state index contributed by atoms with van der Waals surface area (Å²) in [5.41, 5.74) is 0. The average molecular weight is 277 g/mol. The largest absolute Gasteiger partial charge is 0.481 e. The van der Waals surface area contributed by atoms with Gasteiger partial charge in [0.1, 0.15) is 0 Å². The predicted octanol–water partition coefficient (Wildman–Crippen LogP) is 1.55. The minimum absolute atomic E-state index is 0.182. The third kappa shape index (κ3) is 4.57. The van der Waals surface area contributed by atoms with Crippen molar-refractivity contribution in [1.29, 1.82) is 0 Å². The van der Waals surface area contributed by atoms with Crippen LogP contribution in [0.15, 0.2) is 0 Å². The molecule has 1 heterocycles. The van der Waals surface area contributed by atoms with Gasteiger partial charge in [-0.1, -0.05) is 13.3 Å². The fourth-order valence-corrected chi connectivity index (χ4v) is 3.56. The van der Waals surface area contributed by atoms with Gasteiger partial charge in [0, 0.05) is 13.1 Å². The molecule has 1 N–H and O–H groups in total. The van der Waals surface area contributed by atoms with Crippen LogP contribution in [0.5, 0.6) is 0 Å². The van der Waals surface area contributed by atoms with E-state index in [4.69, 9.17) is 5.11 Å². The Balaban J connectivity index is 2.58. The Kier molecular flexibility index (Phi) is 5.59. The molecule has 0 bridgehead atoms. The van der Waals surface area contributed by atoms with E-state index in [0.717, 1.165) is 19.3 Å². The lowest BCUT2D eigenvalue weighted by molar-refractivity contribution is -0.142. The number of aliphatic carboxylic acids is 1. The molecule has 0 aromatic rings. The zero-order valence-electron chi connectivity index (χ0n) is 11.1. The van der Waals surface area contributed by atoms with Crippen LogP contribution < -0.4 is 0 Å². The minimum atomic E-state index is -3.14. The third-order valence-corrected chi connectivity index (χ3v) is 4.82. The van der Waals surface area contributed by atoms with Gasteiger partial charge in [-0.05, 0) is 31.6 Å². The second kappa shape index (κ2) is 6.52. The van der Waals surface area contributed by atoms with E-state index in [1.54, 1.807) is 0 Å². The Labute approximate surface area is 109 Å². The van der Waals surface area contributed by atoms with Gasteiger partial charge in [-0.3, -0.25) is 4.79 Å². The molecule has 1 aliphatic heterocycles. The first-order chi connectivity index (χ1) is 8.34. The highest BCUT2D eigenvalue weighted by Gasteiger charge is 2.29. The van der Waals surface area contributed by atoms with Crippen LogP contribution in [0, 0.1) is 11.8 Å². The molecular weight excluding hydrogens is 254 g/mol. The van der Waals surface area contributed by atoms with E-state index in [9.17, 15) is 13.2 Å². The van der Waals surface area contributed by atoms with Crippen molar-refractivity contribution >= 4 is 16.0 Å². The van der Waals surface area contributed by atoms with Crippen molar-refractivity contribution in [3.63, 3.8) is 0 Å². The maximum Gasteiger partial charge on any atom is 0.306 e. The second-order valence-electron chi connectivity index (χ2n) is 5.19. The Morgan fingerprint density at radius 1 is 1.50 bits per heavy atom. The van der Waals surface area contributed by atoms with Crippen molar-refractivity contribution in [2.24, 2.45) is 11.8 Å². The highest BCUT2D eigenvalue weighted by atomic mass is 32.2. The summed E-state index contributed by atoms with van der Waals surface area (Å²) in [6.45, 7) is 3.02. The summed E-state index contributed by atoms with van der Waals surface area (Å²) in [6.07, 6.45) is 5.09. The lowest BCUT2D eigenvalue weighted by atomic mass is 9.87. The molecule has 18 heavy (non-hydrogen) atoms. The van der Waals surface area contributed by atoms with E-state index in [-0.39, 0.29) is 11.8 Å². The molecule has 0 spiro atoms. The molecule has 106 valence electrons. The summed E-state index contributed by atoms with van der Waals surface area (Å²) in [7, 11) is -3.14. The summed E-state index contributed by atoms with van der Waals surface area (Å²) in [6, 6.07) is 0. The molecule has 2 unspecified atom stereocenters. The second-order valence-corrected chi connectivity index (χ2v) is 7.17. The first kappa shape index (κ1) is 15.4. The van der Waals surface area contributed by atoms with Crippen LogP contribution in [0.1, 0.15) is 39.0 Å². The number of rotatable bonds is 6. The van der Waals surface area contributed by atoms with Crippen molar-refractivity contribution in [2.75, 3.05) is 19.3 Å². The standard InChI is InChI=1S/C12H23NO4S/c1-3-5-11(12(14)15)8-10-6-4-7-13(9-10)18(2,16)17/h10-11H,3-9H2,1-2H3,(H,14,15). The summed E-state index contributed by atoms with van der Waals surface area (Å²) < 4.78 is 24.5. The van der Waals surface area contributed by atoms with Crippen LogP contribution in [-0.2, 0) is 14.8 Å². The van der Waals surface area contributed by atoms with Gasteiger partial charge in [0.15, 0.2) is 0 Å². The van der Waals surface area contributed by atoms with E-state index in [2.05, 4.69) is 0 Å². The van der Waals surface area contributed by atoms with Crippen molar-refractivity contribution < 1.29 is 18.3 Å². The van der Waals surface area contributed by atoms with Gasteiger partial charge in [-0.15, -0.1) is 0 Å². The van der Waals surface area contributed by atoms with Crippen molar-refractivity contribution in [3.05, 3.63) is 0 Å². The van der Waals surface area contributed by atoms with Crippen molar-refractivity contribution in [3.8, 4) is 0 Å². The van der Waals surface area contributed by atoms with Gasteiger partial charge in [-0.2, -0.15) is 0 Å². The Hall–Kier alpha value is -0.620. The smallest absolute Gasteiger partial charge is 0.306 e. The molecular formula is C12H23NO4S. The van der Waals surface area contributed by atoms with Crippen LogP contribution in [0.25, 0.3) is 0 Å². The molecule has 1 aliphatic rings. The molecule has 2 atom stereocenters.